The van der Waals surface area contributed by atoms with E-state index in [9.17, 15) is 8.42 Å². The number of anilines is 1. The van der Waals surface area contributed by atoms with Crippen LogP contribution in [-0.2, 0) is 16.6 Å². The van der Waals surface area contributed by atoms with Crippen LogP contribution >= 0.6 is 11.3 Å². The zero-order valence-electron chi connectivity index (χ0n) is 11.8. The molecular weight excluding hydrogens is 292 g/mol. The summed E-state index contributed by atoms with van der Waals surface area (Å²) in [5.41, 5.74) is 8.07. The van der Waals surface area contributed by atoms with Gasteiger partial charge in [-0.3, -0.25) is 4.31 Å². The average Bonchev–Trinajstić information content (AvgIpc) is 2.79. The van der Waals surface area contributed by atoms with Gasteiger partial charge in [0.2, 0.25) is 0 Å². The molecule has 1 aromatic carbocycles. The molecule has 0 amide bonds. The van der Waals surface area contributed by atoms with Crippen LogP contribution in [0.15, 0.2) is 34.5 Å². The van der Waals surface area contributed by atoms with E-state index in [0.29, 0.717) is 15.5 Å². The second-order valence-electron chi connectivity index (χ2n) is 4.69. The summed E-state index contributed by atoms with van der Waals surface area (Å²) in [6.45, 7) is 3.96. The number of sulfonamides is 1. The van der Waals surface area contributed by atoms with E-state index in [-0.39, 0.29) is 6.54 Å². The zero-order chi connectivity index (χ0) is 14.9. The third kappa shape index (κ3) is 2.59. The first kappa shape index (κ1) is 15.0. The summed E-state index contributed by atoms with van der Waals surface area (Å²) in [7, 11) is -2.00. The van der Waals surface area contributed by atoms with Crippen LogP contribution in [0, 0.1) is 13.8 Å². The third-order valence-corrected chi connectivity index (χ3v) is 6.43. The maximum Gasteiger partial charge on any atom is 0.265 e. The number of aryl methyl sites for hydroxylation is 2. The van der Waals surface area contributed by atoms with Crippen LogP contribution in [0.1, 0.15) is 16.0 Å². The van der Waals surface area contributed by atoms with Crippen molar-refractivity contribution in [2.75, 3.05) is 11.4 Å². The van der Waals surface area contributed by atoms with Gasteiger partial charge in [0, 0.05) is 18.5 Å². The molecule has 1 aromatic heterocycles. The topological polar surface area (TPSA) is 63.4 Å². The Morgan fingerprint density at radius 1 is 1.30 bits per heavy atom. The van der Waals surface area contributed by atoms with Crippen molar-refractivity contribution >= 4 is 27.0 Å². The number of hydrogen-bond acceptors (Lipinski definition) is 4. The average molecular weight is 310 g/mol. The smallest absolute Gasteiger partial charge is 0.265 e. The molecule has 0 atom stereocenters. The van der Waals surface area contributed by atoms with Crippen LogP contribution < -0.4 is 10.0 Å². The van der Waals surface area contributed by atoms with Crippen molar-refractivity contribution in [2.24, 2.45) is 5.73 Å². The van der Waals surface area contributed by atoms with Crippen molar-refractivity contribution in [3.63, 3.8) is 0 Å². The molecule has 2 N–H and O–H groups in total. The molecule has 2 aromatic rings. The van der Waals surface area contributed by atoms with E-state index in [0.717, 1.165) is 11.1 Å². The molecule has 20 heavy (non-hydrogen) atoms. The molecular formula is C14H18N2O2S2. The largest absolute Gasteiger partial charge is 0.326 e. The normalized spacial score (nSPS) is 11.6. The van der Waals surface area contributed by atoms with Crippen LogP contribution in [0.4, 0.5) is 5.69 Å². The van der Waals surface area contributed by atoms with E-state index >= 15 is 0 Å². The van der Waals surface area contributed by atoms with Gasteiger partial charge in [0.05, 0.1) is 5.69 Å². The number of thiophene rings is 1. The monoisotopic (exact) mass is 310 g/mol. The number of rotatable bonds is 4. The number of hydrogen-bond donors (Lipinski definition) is 1. The molecule has 4 nitrogen and oxygen atoms in total. The summed E-state index contributed by atoms with van der Waals surface area (Å²) >= 11 is 1.39. The van der Waals surface area contributed by atoms with Crippen LogP contribution in [0.25, 0.3) is 0 Å². The summed E-state index contributed by atoms with van der Waals surface area (Å²) in [6.07, 6.45) is 0. The van der Waals surface area contributed by atoms with Gasteiger partial charge in [0.1, 0.15) is 4.90 Å². The summed E-state index contributed by atoms with van der Waals surface area (Å²) < 4.78 is 26.9. The van der Waals surface area contributed by atoms with Crippen LogP contribution in [0.3, 0.4) is 0 Å². The Balaban J connectivity index is 2.52. The lowest BCUT2D eigenvalue weighted by Gasteiger charge is -2.20. The van der Waals surface area contributed by atoms with Crippen molar-refractivity contribution in [2.45, 2.75) is 25.3 Å². The van der Waals surface area contributed by atoms with E-state index in [2.05, 4.69) is 0 Å². The van der Waals surface area contributed by atoms with Crippen LogP contribution in [0.2, 0.25) is 0 Å². The highest BCUT2D eigenvalue weighted by molar-refractivity contribution is 7.93. The quantitative estimate of drug-likeness (QED) is 0.944. The van der Waals surface area contributed by atoms with Gasteiger partial charge in [-0.15, -0.1) is 11.3 Å². The molecule has 2 rings (SSSR count). The van der Waals surface area contributed by atoms with Gasteiger partial charge in [0.25, 0.3) is 10.0 Å². The predicted octanol–water partition coefficient (Wildman–Crippen LogP) is 2.65. The fourth-order valence-electron chi connectivity index (χ4n) is 2.07. The second-order valence-corrected chi connectivity index (χ2v) is 7.56. The molecule has 0 saturated heterocycles. The Bertz CT molecular complexity index is 721. The van der Waals surface area contributed by atoms with Crippen LogP contribution in [-0.4, -0.2) is 15.5 Å². The molecule has 0 aliphatic carbocycles. The minimum atomic E-state index is -3.58. The first-order valence-corrected chi connectivity index (χ1v) is 8.52. The van der Waals surface area contributed by atoms with Gasteiger partial charge >= 0.3 is 0 Å². The number of nitrogens with two attached hydrogens (primary N) is 1. The Morgan fingerprint density at radius 2 is 2.00 bits per heavy atom. The summed E-state index contributed by atoms with van der Waals surface area (Å²) in [6, 6.07) is 7.42. The van der Waals surface area contributed by atoms with Crippen molar-refractivity contribution in [3.8, 4) is 0 Å². The van der Waals surface area contributed by atoms with Crippen molar-refractivity contribution in [1.82, 2.24) is 0 Å². The maximum absolute atomic E-state index is 12.8. The van der Waals surface area contributed by atoms with Gasteiger partial charge in [-0.05, 0) is 42.5 Å². The third-order valence-electron chi connectivity index (χ3n) is 3.16. The SMILES string of the molecule is Cc1cccc(N(C)S(=O)(=O)c2c(C)csc2CN)c1. The van der Waals surface area contributed by atoms with E-state index in [4.69, 9.17) is 5.73 Å². The Morgan fingerprint density at radius 3 is 2.60 bits per heavy atom. The molecule has 0 fully saturated rings. The standard InChI is InChI=1S/C14H18N2O2S2/c1-10-5-4-6-12(7-10)16(3)20(17,18)14-11(2)9-19-13(14)8-15/h4-7,9H,8,15H2,1-3H3. The molecule has 0 saturated carbocycles. The Kier molecular flexibility index (Phi) is 4.17. The molecule has 1 heterocycles. The fourth-order valence-corrected chi connectivity index (χ4v) is 4.91. The molecule has 0 spiro atoms. The summed E-state index contributed by atoms with van der Waals surface area (Å²) in [5, 5.41) is 1.83. The first-order chi connectivity index (χ1) is 9.37. The van der Waals surface area contributed by atoms with Gasteiger partial charge in [0.15, 0.2) is 0 Å². The van der Waals surface area contributed by atoms with Gasteiger partial charge < -0.3 is 5.73 Å². The molecule has 0 aliphatic heterocycles. The zero-order valence-corrected chi connectivity index (χ0v) is 13.4. The highest BCUT2D eigenvalue weighted by atomic mass is 32.2. The first-order valence-electron chi connectivity index (χ1n) is 6.20. The molecule has 0 aliphatic rings. The van der Waals surface area contributed by atoms with Crippen LogP contribution in [0.5, 0.6) is 0 Å². The maximum atomic E-state index is 12.8. The lowest BCUT2D eigenvalue weighted by Crippen LogP contribution is -2.27. The molecule has 6 heteroatoms. The lowest BCUT2D eigenvalue weighted by molar-refractivity contribution is 0.593. The van der Waals surface area contributed by atoms with E-state index in [1.807, 2.05) is 30.5 Å². The van der Waals surface area contributed by atoms with E-state index in [1.165, 1.54) is 15.6 Å². The predicted molar refractivity (Wildman–Crippen MR) is 83.7 cm³/mol. The minimum Gasteiger partial charge on any atom is -0.326 e. The summed E-state index contributed by atoms with van der Waals surface area (Å²) in [4.78, 5) is 1.04. The lowest BCUT2D eigenvalue weighted by atomic mass is 10.2. The van der Waals surface area contributed by atoms with Crippen molar-refractivity contribution in [1.29, 1.82) is 0 Å². The van der Waals surface area contributed by atoms with Gasteiger partial charge in [-0.2, -0.15) is 0 Å². The number of benzene rings is 1. The molecule has 108 valence electrons. The summed E-state index contributed by atoms with van der Waals surface area (Å²) in [5.74, 6) is 0. The van der Waals surface area contributed by atoms with E-state index < -0.39 is 10.0 Å². The second kappa shape index (κ2) is 5.55. The highest BCUT2D eigenvalue weighted by Crippen LogP contribution is 2.31. The molecule has 0 bridgehead atoms. The van der Waals surface area contributed by atoms with Crippen molar-refractivity contribution in [3.05, 3.63) is 45.6 Å². The fraction of sp³-hybridized carbons (Fsp3) is 0.286. The Hall–Kier alpha value is -1.37. The van der Waals surface area contributed by atoms with E-state index in [1.54, 1.807) is 20.0 Å². The van der Waals surface area contributed by atoms with Gasteiger partial charge in [-0.25, -0.2) is 8.42 Å². The minimum absolute atomic E-state index is 0.231. The number of nitrogens with zero attached hydrogens (tertiary/aromatic N) is 1. The Labute approximate surface area is 123 Å². The molecule has 0 radical (unpaired) electrons. The van der Waals surface area contributed by atoms with Gasteiger partial charge in [-0.1, -0.05) is 12.1 Å². The molecule has 0 unspecified atom stereocenters. The van der Waals surface area contributed by atoms with Crippen molar-refractivity contribution < 1.29 is 8.42 Å². The highest BCUT2D eigenvalue weighted by Gasteiger charge is 2.27.